The number of rotatable bonds is 6. The molecule has 0 bridgehead atoms. The summed E-state index contributed by atoms with van der Waals surface area (Å²) < 4.78 is 7.57. The molecule has 18 heavy (non-hydrogen) atoms. The van der Waals surface area contributed by atoms with Gasteiger partial charge in [0.05, 0.1) is 19.0 Å². The summed E-state index contributed by atoms with van der Waals surface area (Å²) >= 11 is 0. The molecule has 4 heteroatoms. The molecule has 1 aromatic heterocycles. The van der Waals surface area contributed by atoms with Gasteiger partial charge >= 0.3 is 0 Å². The lowest BCUT2D eigenvalue weighted by Crippen LogP contribution is -2.36. The summed E-state index contributed by atoms with van der Waals surface area (Å²) in [5.41, 5.74) is 1.31. The van der Waals surface area contributed by atoms with Gasteiger partial charge in [-0.05, 0) is 45.1 Å². The van der Waals surface area contributed by atoms with Crippen LogP contribution in [0, 0.1) is 5.92 Å². The van der Waals surface area contributed by atoms with Crippen LogP contribution in [-0.2, 0) is 6.54 Å². The second kappa shape index (κ2) is 4.92. The van der Waals surface area contributed by atoms with Crippen LogP contribution in [0.5, 0.6) is 5.75 Å². The zero-order valence-corrected chi connectivity index (χ0v) is 11.4. The molecule has 2 aliphatic carbocycles. The highest BCUT2D eigenvalue weighted by Gasteiger charge is 2.37. The summed E-state index contributed by atoms with van der Waals surface area (Å²) in [6.07, 6.45) is 7.21. The van der Waals surface area contributed by atoms with E-state index in [4.69, 9.17) is 4.74 Å². The first-order valence-corrected chi connectivity index (χ1v) is 7.16. The Hall–Kier alpha value is -1.03. The molecule has 1 heterocycles. The third-order valence-corrected chi connectivity index (χ3v) is 4.38. The van der Waals surface area contributed by atoms with E-state index in [0.29, 0.717) is 5.92 Å². The molecule has 2 aliphatic rings. The SMILES string of the molecule is CCn1ncc(OC)c1C1CCC1CNC1CC1. The van der Waals surface area contributed by atoms with Gasteiger partial charge in [-0.2, -0.15) is 5.10 Å². The van der Waals surface area contributed by atoms with E-state index >= 15 is 0 Å². The number of aromatic nitrogens is 2. The van der Waals surface area contributed by atoms with E-state index in [1.807, 2.05) is 6.20 Å². The molecule has 0 radical (unpaired) electrons. The van der Waals surface area contributed by atoms with Crippen LogP contribution in [-0.4, -0.2) is 29.5 Å². The summed E-state index contributed by atoms with van der Waals surface area (Å²) in [7, 11) is 1.75. The average molecular weight is 249 g/mol. The maximum atomic E-state index is 5.47. The molecule has 1 aromatic rings. The highest BCUT2D eigenvalue weighted by molar-refractivity contribution is 5.31. The molecule has 2 atom stereocenters. The van der Waals surface area contributed by atoms with Crippen LogP contribution in [0.15, 0.2) is 6.20 Å². The average Bonchev–Trinajstić information content (AvgIpc) is 3.08. The van der Waals surface area contributed by atoms with Gasteiger partial charge in [-0.25, -0.2) is 0 Å². The summed E-state index contributed by atoms with van der Waals surface area (Å²) in [5.74, 6) is 2.37. The number of nitrogens with one attached hydrogen (secondary N) is 1. The van der Waals surface area contributed by atoms with Gasteiger partial charge in [0.2, 0.25) is 0 Å². The van der Waals surface area contributed by atoms with E-state index in [1.54, 1.807) is 7.11 Å². The first-order chi connectivity index (χ1) is 8.83. The largest absolute Gasteiger partial charge is 0.493 e. The maximum Gasteiger partial charge on any atom is 0.160 e. The van der Waals surface area contributed by atoms with E-state index in [0.717, 1.165) is 30.8 Å². The predicted molar refractivity (Wildman–Crippen MR) is 70.9 cm³/mol. The van der Waals surface area contributed by atoms with Crippen LogP contribution in [0.4, 0.5) is 0 Å². The molecule has 1 N–H and O–H groups in total. The summed E-state index contributed by atoms with van der Waals surface area (Å²) in [6.45, 7) is 4.23. The minimum absolute atomic E-state index is 0.633. The Morgan fingerprint density at radius 2 is 2.22 bits per heavy atom. The molecule has 2 saturated carbocycles. The van der Waals surface area contributed by atoms with E-state index in [1.165, 1.54) is 31.4 Å². The second-order valence-corrected chi connectivity index (χ2v) is 5.54. The smallest absolute Gasteiger partial charge is 0.160 e. The topological polar surface area (TPSA) is 39.1 Å². The van der Waals surface area contributed by atoms with E-state index in [-0.39, 0.29) is 0 Å². The summed E-state index contributed by atoms with van der Waals surface area (Å²) in [6, 6.07) is 0.809. The number of ether oxygens (including phenoxy) is 1. The van der Waals surface area contributed by atoms with Crippen molar-refractivity contribution >= 4 is 0 Å². The van der Waals surface area contributed by atoms with Crippen molar-refractivity contribution in [3.8, 4) is 5.75 Å². The van der Waals surface area contributed by atoms with Crippen LogP contribution >= 0.6 is 0 Å². The molecule has 0 amide bonds. The lowest BCUT2D eigenvalue weighted by atomic mass is 9.71. The van der Waals surface area contributed by atoms with Crippen molar-refractivity contribution in [1.82, 2.24) is 15.1 Å². The monoisotopic (exact) mass is 249 g/mol. The lowest BCUT2D eigenvalue weighted by molar-refractivity contribution is 0.227. The quantitative estimate of drug-likeness (QED) is 0.839. The first kappa shape index (κ1) is 12.0. The third kappa shape index (κ3) is 2.14. The number of nitrogens with zero attached hydrogens (tertiary/aromatic N) is 2. The Bertz CT molecular complexity index is 390. The molecule has 4 nitrogen and oxygen atoms in total. The van der Waals surface area contributed by atoms with Gasteiger partial charge in [0.25, 0.3) is 0 Å². The van der Waals surface area contributed by atoms with Gasteiger partial charge < -0.3 is 10.1 Å². The molecule has 0 spiro atoms. The Labute approximate surface area is 109 Å². The Morgan fingerprint density at radius 1 is 1.39 bits per heavy atom. The molecule has 3 rings (SSSR count). The number of methoxy groups -OCH3 is 1. The van der Waals surface area contributed by atoms with Gasteiger partial charge in [0, 0.05) is 18.5 Å². The number of hydrogen-bond donors (Lipinski definition) is 1. The molecule has 0 aliphatic heterocycles. The maximum absolute atomic E-state index is 5.47. The molecule has 2 unspecified atom stereocenters. The van der Waals surface area contributed by atoms with Crippen LogP contribution < -0.4 is 10.1 Å². The molecular weight excluding hydrogens is 226 g/mol. The fourth-order valence-electron chi connectivity index (χ4n) is 2.94. The molecule has 0 aromatic carbocycles. The molecule has 0 saturated heterocycles. The van der Waals surface area contributed by atoms with Crippen molar-refractivity contribution in [2.75, 3.05) is 13.7 Å². The standard InChI is InChI=1S/C14H23N3O/c1-3-17-14(13(18-2)9-16-17)12-7-4-10(12)8-15-11-5-6-11/h9-12,15H,3-8H2,1-2H3. The lowest BCUT2D eigenvalue weighted by Gasteiger charge is -2.37. The minimum atomic E-state index is 0.633. The van der Waals surface area contributed by atoms with Crippen LogP contribution in [0.25, 0.3) is 0 Å². The molecular formula is C14H23N3O. The van der Waals surface area contributed by atoms with Crippen molar-refractivity contribution in [2.24, 2.45) is 5.92 Å². The van der Waals surface area contributed by atoms with Gasteiger partial charge in [-0.1, -0.05) is 0 Å². The van der Waals surface area contributed by atoms with E-state index in [9.17, 15) is 0 Å². The second-order valence-electron chi connectivity index (χ2n) is 5.54. The Morgan fingerprint density at radius 3 is 2.78 bits per heavy atom. The van der Waals surface area contributed by atoms with E-state index in [2.05, 4.69) is 22.0 Å². The summed E-state index contributed by atoms with van der Waals surface area (Å²) in [4.78, 5) is 0. The highest BCUT2D eigenvalue weighted by Crippen LogP contribution is 2.45. The minimum Gasteiger partial charge on any atom is -0.493 e. The van der Waals surface area contributed by atoms with Gasteiger partial charge in [0.15, 0.2) is 5.75 Å². The summed E-state index contributed by atoms with van der Waals surface area (Å²) in [5, 5.41) is 8.08. The van der Waals surface area contributed by atoms with Crippen LogP contribution in [0.2, 0.25) is 0 Å². The highest BCUT2D eigenvalue weighted by atomic mass is 16.5. The van der Waals surface area contributed by atoms with Gasteiger partial charge in [-0.3, -0.25) is 4.68 Å². The third-order valence-electron chi connectivity index (χ3n) is 4.38. The van der Waals surface area contributed by atoms with E-state index < -0.39 is 0 Å². The van der Waals surface area contributed by atoms with Crippen molar-refractivity contribution in [1.29, 1.82) is 0 Å². The zero-order valence-electron chi connectivity index (χ0n) is 11.4. The number of hydrogen-bond acceptors (Lipinski definition) is 3. The van der Waals surface area contributed by atoms with Crippen molar-refractivity contribution < 1.29 is 4.74 Å². The normalized spacial score (nSPS) is 27.0. The molecule has 2 fully saturated rings. The van der Waals surface area contributed by atoms with Gasteiger partial charge in [-0.15, -0.1) is 0 Å². The fraction of sp³-hybridized carbons (Fsp3) is 0.786. The molecule has 100 valence electrons. The van der Waals surface area contributed by atoms with Gasteiger partial charge in [0.1, 0.15) is 0 Å². The Balaban J connectivity index is 1.70. The fourth-order valence-corrected chi connectivity index (χ4v) is 2.94. The predicted octanol–water partition coefficient (Wildman–Crippen LogP) is 2.16. The van der Waals surface area contributed by atoms with Crippen LogP contribution in [0.3, 0.4) is 0 Å². The zero-order chi connectivity index (χ0) is 12.5. The Kier molecular flexibility index (Phi) is 3.29. The number of aryl methyl sites for hydroxylation is 1. The van der Waals surface area contributed by atoms with Crippen molar-refractivity contribution in [2.45, 2.75) is 51.1 Å². The van der Waals surface area contributed by atoms with Crippen molar-refractivity contribution in [3.05, 3.63) is 11.9 Å². The van der Waals surface area contributed by atoms with Crippen molar-refractivity contribution in [3.63, 3.8) is 0 Å². The van der Waals surface area contributed by atoms with Crippen LogP contribution in [0.1, 0.15) is 44.2 Å². The first-order valence-electron chi connectivity index (χ1n) is 7.16.